The molecule has 2 aliphatic carbocycles. The summed E-state index contributed by atoms with van der Waals surface area (Å²) in [6.45, 7) is 0. The van der Waals surface area contributed by atoms with Crippen molar-refractivity contribution in [2.24, 2.45) is 0 Å². The van der Waals surface area contributed by atoms with Crippen molar-refractivity contribution in [1.82, 2.24) is 0 Å². The van der Waals surface area contributed by atoms with Crippen LogP contribution in [-0.2, 0) is 5.41 Å². The predicted molar refractivity (Wildman–Crippen MR) is 235 cm³/mol. The van der Waals surface area contributed by atoms with Crippen LogP contribution >= 0.6 is 0 Å². The van der Waals surface area contributed by atoms with Gasteiger partial charge in [-0.25, -0.2) is 0 Å². The van der Waals surface area contributed by atoms with E-state index in [-0.39, 0.29) is 5.41 Å². The monoisotopic (exact) mass is 715 g/mol. The lowest BCUT2D eigenvalue weighted by Gasteiger charge is -2.35. The zero-order valence-corrected chi connectivity index (χ0v) is 31.2. The fourth-order valence-corrected chi connectivity index (χ4v) is 9.04. The molecule has 0 aromatic heterocycles. The van der Waals surface area contributed by atoms with Gasteiger partial charge in [-0.05, 0) is 122 Å². The standard InChI is InChI=1S/C55H41N/c1-4-15-40(16-5-1)42-27-33-48(34-28-42)56(49-35-29-43(30-36-49)41-17-6-2-7-18-41)50-37-31-44(32-38-50)45-19-14-22-47(39-45)55(46-20-8-3-9-21-46)53-25-12-10-23-51(53)52-24-11-13-26-54(52)55/h1-10,12-23,25-39H,11,24H2. The third-order valence-electron chi connectivity index (χ3n) is 11.7. The van der Waals surface area contributed by atoms with Gasteiger partial charge < -0.3 is 4.90 Å². The van der Waals surface area contributed by atoms with E-state index >= 15 is 0 Å². The van der Waals surface area contributed by atoms with Crippen LogP contribution in [0.5, 0.6) is 0 Å². The third kappa shape index (κ3) is 5.81. The number of hydrogen-bond donors (Lipinski definition) is 0. The smallest absolute Gasteiger partial charge is 0.0710 e. The van der Waals surface area contributed by atoms with E-state index in [4.69, 9.17) is 0 Å². The second-order valence-electron chi connectivity index (χ2n) is 14.8. The number of nitrogens with zero attached hydrogens (tertiary/aromatic N) is 1. The molecule has 1 nitrogen and oxygen atoms in total. The Morgan fingerprint density at radius 1 is 0.375 bits per heavy atom. The second kappa shape index (κ2) is 14.4. The average Bonchev–Trinajstić information content (AvgIpc) is 3.59. The predicted octanol–water partition coefficient (Wildman–Crippen LogP) is 14.6. The summed E-state index contributed by atoms with van der Waals surface area (Å²) in [5.74, 6) is 0. The number of rotatable bonds is 8. The van der Waals surface area contributed by atoms with E-state index in [0.29, 0.717) is 0 Å². The van der Waals surface area contributed by atoms with Gasteiger partial charge in [0, 0.05) is 17.1 Å². The Morgan fingerprint density at radius 3 is 1.39 bits per heavy atom. The first-order valence-corrected chi connectivity index (χ1v) is 19.6. The Labute approximate surface area is 330 Å². The molecule has 0 radical (unpaired) electrons. The van der Waals surface area contributed by atoms with Crippen LogP contribution in [-0.4, -0.2) is 0 Å². The molecule has 0 amide bonds. The maximum atomic E-state index is 2.43. The van der Waals surface area contributed by atoms with E-state index in [2.05, 4.69) is 229 Å². The summed E-state index contributed by atoms with van der Waals surface area (Å²) in [5, 5.41) is 0. The van der Waals surface area contributed by atoms with Gasteiger partial charge in [0.25, 0.3) is 0 Å². The molecule has 8 aromatic carbocycles. The molecule has 8 aromatic rings. The highest BCUT2D eigenvalue weighted by molar-refractivity contribution is 5.89. The minimum absolute atomic E-state index is 0.380. The zero-order valence-electron chi connectivity index (χ0n) is 31.2. The highest BCUT2D eigenvalue weighted by Crippen LogP contribution is 2.57. The van der Waals surface area contributed by atoms with Crippen LogP contribution in [0.3, 0.4) is 0 Å². The fourth-order valence-electron chi connectivity index (χ4n) is 9.04. The van der Waals surface area contributed by atoms with Crippen molar-refractivity contribution >= 4 is 22.6 Å². The minimum Gasteiger partial charge on any atom is -0.311 e. The lowest BCUT2D eigenvalue weighted by atomic mass is 9.66. The van der Waals surface area contributed by atoms with Crippen molar-refractivity contribution in [3.8, 4) is 33.4 Å². The van der Waals surface area contributed by atoms with Gasteiger partial charge in [-0.1, -0.05) is 182 Å². The molecule has 266 valence electrons. The Balaban J connectivity index is 1.05. The van der Waals surface area contributed by atoms with Crippen molar-refractivity contribution < 1.29 is 0 Å². The molecule has 0 bridgehead atoms. The van der Waals surface area contributed by atoms with E-state index < -0.39 is 0 Å². The van der Waals surface area contributed by atoms with Crippen molar-refractivity contribution in [1.29, 1.82) is 0 Å². The quantitative estimate of drug-likeness (QED) is 0.151. The van der Waals surface area contributed by atoms with Crippen molar-refractivity contribution in [2.45, 2.75) is 18.3 Å². The topological polar surface area (TPSA) is 3.24 Å². The van der Waals surface area contributed by atoms with Crippen LogP contribution in [0.2, 0.25) is 0 Å². The first-order valence-electron chi connectivity index (χ1n) is 19.6. The van der Waals surface area contributed by atoms with E-state index in [9.17, 15) is 0 Å². The molecule has 0 saturated carbocycles. The van der Waals surface area contributed by atoms with E-state index in [1.54, 1.807) is 0 Å². The molecule has 0 spiro atoms. The molecule has 0 fully saturated rings. The summed E-state index contributed by atoms with van der Waals surface area (Å²) < 4.78 is 0. The number of fused-ring (bicyclic) bond motifs is 2. The van der Waals surface area contributed by atoms with Gasteiger partial charge in [0.15, 0.2) is 0 Å². The van der Waals surface area contributed by atoms with Gasteiger partial charge in [-0.2, -0.15) is 0 Å². The number of benzene rings is 8. The highest BCUT2D eigenvalue weighted by atomic mass is 15.1. The minimum atomic E-state index is -0.380. The molecule has 10 rings (SSSR count). The Hall–Kier alpha value is -6.96. The van der Waals surface area contributed by atoms with E-state index in [1.165, 1.54) is 66.8 Å². The average molecular weight is 716 g/mol. The Bertz CT molecular complexity index is 2610. The normalized spacial score (nSPS) is 15.6. The van der Waals surface area contributed by atoms with Crippen LogP contribution in [0.25, 0.3) is 39.0 Å². The summed E-state index contributed by atoms with van der Waals surface area (Å²) in [6, 6.07) is 77.5. The molecule has 1 heteroatoms. The maximum Gasteiger partial charge on any atom is 0.0710 e. The number of anilines is 3. The molecule has 1 unspecified atom stereocenters. The SMILES string of the molecule is C1=CC2=C(CC1)c1ccccc1C2(c1ccccc1)c1cccc(-c2ccc(N(c3ccc(-c4ccccc4)cc3)c3ccc(-c4ccccc4)cc3)cc2)c1. The lowest BCUT2D eigenvalue weighted by Crippen LogP contribution is -2.29. The summed E-state index contributed by atoms with van der Waals surface area (Å²) >= 11 is 0. The molecular formula is C55H41N. The van der Waals surface area contributed by atoms with Crippen LogP contribution in [0.1, 0.15) is 35.1 Å². The largest absolute Gasteiger partial charge is 0.311 e. The summed E-state index contributed by atoms with van der Waals surface area (Å²) in [4.78, 5) is 2.35. The second-order valence-corrected chi connectivity index (χ2v) is 14.8. The third-order valence-corrected chi connectivity index (χ3v) is 11.7. The van der Waals surface area contributed by atoms with Gasteiger partial charge in [0.1, 0.15) is 0 Å². The van der Waals surface area contributed by atoms with Gasteiger partial charge in [-0.3, -0.25) is 0 Å². The summed E-state index contributed by atoms with van der Waals surface area (Å²) in [7, 11) is 0. The molecule has 0 heterocycles. The van der Waals surface area contributed by atoms with Crippen molar-refractivity contribution in [3.05, 3.63) is 252 Å². The first kappa shape index (κ1) is 33.6. The van der Waals surface area contributed by atoms with E-state index in [1.807, 2.05) is 0 Å². The molecule has 56 heavy (non-hydrogen) atoms. The van der Waals surface area contributed by atoms with Crippen LogP contribution in [0.4, 0.5) is 17.1 Å². The number of hydrogen-bond acceptors (Lipinski definition) is 1. The maximum absolute atomic E-state index is 2.43. The van der Waals surface area contributed by atoms with Gasteiger partial charge in [-0.15, -0.1) is 0 Å². The molecule has 0 N–H and O–H groups in total. The molecule has 1 atom stereocenters. The Kier molecular flexibility index (Phi) is 8.61. The van der Waals surface area contributed by atoms with Gasteiger partial charge in [0.05, 0.1) is 5.41 Å². The molecule has 0 saturated heterocycles. The first-order chi connectivity index (χ1) is 27.8. The summed E-state index contributed by atoms with van der Waals surface area (Å²) in [5.41, 5.74) is 18.5. The van der Waals surface area contributed by atoms with E-state index in [0.717, 1.165) is 29.9 Å². The highest BCUT2D eigenvalue weighted by Gasteiger charge is 2.47. The van der Waals surface area contributed by atoms with Gasteiger partial charge >= 0.3 is 0 Å². The van der Waals surface area contributed by atoms with Crippen molar-refractivity contribution in [2.75, 3.05) is 4.90 Å². The molecular weight excluding hydrogens is 675 g/mol. The summed E-state index contributed by atoms with van der Waals surface area (Å²) in [6.07, 6.45) is 6.91. The molecule has 2 aliphatic rings. The lowest BCUT2D eigenvalue weighted by molar-refractivity contribution is 0.757. The van der Waals surface area contributed by atoms with Crippen LogP contribution < -0.4 is 4.90 Å². The fraction of sp³-hybridized carbons (Fsp3) is 0.0545. The van der Waals surface area contributed by atoms with Gasteiger partial charge in [0.2, 0.25) is 0 Å². The zero-order chi connectivity index (χ0) is 37.3. The van der Waals surface area contributed by atoms with Crippen molar-refractivity contribution in [3.63, 3.8) is 0 Å². The Morgan fingerprint density at radius 2 is 0.821 bits per heavy atom. The molecule has 0 aliphatic heterocycles. The number of allylic oxidation sites excluding steroid dienone is 4. The van der Waals surface area contributed by atoms with Crippen LogP contribution in [0, 0.1) is 0 Å². The van der Waals surface area contributed by atoms with Crippen LogP contribution in [0.15, 0.2) is 230 Å².